The first-order valence-electron chi connectivity index (χ1n) is 7.54. The van der Waals surface area contributed by atoms with E-state index >= 15 is 0 Å². The summed E-state index contributed by atoms with van der Waals surface area (Å²) in [6.45, 7) is 2.19. The molecule has 1 aliphatic heterocycles. The SMILES string of the molecule is CCCc1ccc(NC2CCSc3c(F)cccc32)cc1. The molecule has 0 saturated carbocycles. The molecule has 21 heavy (non-hydrogen) atoms. The third-order valence-electron chi connectivity index (χ3n) is 3.86. The number of hydrogen-bond acceptors (Lipinski definition) is 2. The van der Waals surface area contributed by atoms with Crippen molar-refractivity contribution in [2.24, 2.45) is 0 Å². The zero-order valence-corrected chi connectivity index (χ0v) is 13.0. The van der Waals surface area contributed by atoms with Crippen LogP contribution in [0.4, 0.5) is 10.1 Å². The Hall–Kier alpha value is -1.48. The normalized spacial score (nSPS) is 17.3. The van der Waals surface area contributed by atoms with Crippen LogP contribution < -0.4 is 5.32 Å². The van der Waals surface area contributed by atoms with E-state index in [1.54, 1.807) is 23.9 Å². The maximum Gasteiger partial charge on any atom is 0.137 e. The van der Waals surface area contributed by atoms with Gasteiger partial charge in [0.1, 0.15) is 5.82 Å². The second-order valence-electron chi connectivity index (χ2n) is 5.44. The minimum absolute atomic E-state index is 0.0951. The van der Waals surface area contributed by atoms with Crippen molar-refractivity contribution >= 4 is 17.4 Å². The molecular weight excluding hydrogens is 281 g/mol. The van der Waals surface area contributed by atoms with Crippen molar-refractivity contribution in [3.8, 4) is 0 Å². The molecule has 0 bridgehead atoms. The molecule has 1 atom stereocenters. The number of fused-ring (bicyclic) bond motifs is 1. The molecule has 0 aliphatic carbocycles. The third-order valence-corrected chi connectivity index (χ3v) is 5.02. The molecule has 0 aromatic heterocycles. The van der Waals surface area contributed by atoms with Crippen LogP contribution in [0.2, 0.25) is 0 Å². The first-order chi connectivity index (χ1) is 10.3. The number of rotatable bonds is 4. The van der Waals surface area contributed by atoms with Crippen LogP contribution in [-0.4, -0.2) is 5.75 Å². The van der Waals surface area contributed by atoms with Crippen molar-refractivity contribution in [2.45, 2.75) is 37.1 Å². The van der Waals surface area contributed by atoms with Gasteiger partial charge in [0.25, 0.3) is 0 Å². The number of thioether (sulfide) groups is 1. The minimum atomic E-state index is -0.0951. The largest absolute Gasteiger partial charge is 0.378 e. The summed E-state index contributed by atoms with van der Waals surface area (Å²) in [5, 5.41) is 3.55. The van der Waals surface area contributed by atoms with Crippen LogP contribution in [0.15, 0.2) is 47.4 Å². The lowest BCUT2D eigenvalue weighted by atomic mass is 10.0. The highest BCUT2D eigenvalue weighted by molar-refractivity contribution is 7.99. The Morgan fingerprint density at radius 1 is 1.19 bits per heavy atom. The summed E-state index contributed by atoms with van der Waals surface area (Å²) in [5.74, 6) is 0.863. The quantitative estimate of drug-likeness (QED) is 0.808. The number of anilines is 1. The highest BCUT2D eigenvalue weighted by Crippen LogP contribution is 2.39. The van der Waals surface area contributed by atoms with Gasteiger partial charge >= 0.3 is 0 Å². The lowest BCUT2D eigenvalue weighted by Crippen LogP contribution is -2.16. The Kier molecular flexibility index (Phi) is 4.49. The predicted octanol–water partition coefficient (Wildman–Crippen LogP) is 5.43. The Balaban J connectivity index is 1.78. The number of aryl methyl sites for hydroxylation is 1. The van der Waals surface area contributed by atoms with E-state index in [1.165, 1.54) is 12.0 Å². The average molecular weight is 301 g/mol. The van der Waals surface area contributed by atoms with Gasteiger partial charge in [-0.2, -0.15) is 0 Å². The predicted molar refractivity (Wildman–Crippen MR) is 88.5 cm³/mol. The van der Waals surface area contributed by atoms with E-state index in [-0.39, 0.29) is 11.9 Å². The van der Waals surface area contributed by atoms with E-state index in [9.17, 15) is 4.39 Å². The van der Waals surface area contributed by atoms with Gasteiger partial charge in [-0.15, -0.1) is 11.8 Å². The van der Waals surface area contributed by atoms with Crippen LogP contribution >= 0.6 is 11.8 Å². The number of benzene rings is 2. The first-order valence-corrected chi connectivity index (χ1v) is 8.53. The van der Waals surface area contributed by atoms with Gasteiger partial charge in [-0.25, -0.2) is 4.39 Å². The van der Waals surface area contributed by atoms with Crippen LogP contribution in [0.25, 0.3) is 0 Å². The van der Waals surface area contributed by atoms with Gasteiger partial charge in [-0.1, -0.05) is 37.6 Å². The van der Waals surface area contributed by atoms with Crippen LogP contribution in [0.1, 0.15) is 36.9 Å². The van der Waals surface area contributed by atoms with E-state index < -0.39 is 0 Å². The summed E-state index contributed by atoms with van der Waals surface area (Å²) in [6.07, 6.45) is 3.31. The Labute approximate surface area is 130 Å². The van der Waals surface area contributed by atoms with Gasteiger partial charge in [-0.05, 0) is 42.2 Å². The molecule has 0 spiro atoms. The Morgan fingerprint density at radius 3 is 2.76 bits per heavy atom. The molecular formula is C18H20FNS. The van der Waals surface area contributed by atoms with E-state index in [0.717, 1.165) is 34.7 Å². The molecule has 1 nitrogen and oxygen atoms in total. The van der Waals surface area contributed by atoms with E-state index in [4.69, 9.17) is 0 Å². The van der Waals surface area contributed by atoms with E-state index in [2.05, 4.69) is 36.5 Å². The van der Waals surface area contributed by atoms with Gasteiger partial charge in [-0.3, -0.25) is 0 Å². The van der Waals surface area contributed by atoms with Gasteiger partial charge in [0, 0.05) is 16.3 Å². The van der Waals surface area contributed by atoms with Gasteiger partial charge in [0.05, 0.1) is 6.04 Å². The fourth-order valence-electron chi connectivity index (χ4n) is 2.79. The number of nitrogens with one attached hydrogen (secondary N) is 1. The van der Waals surface area contributed by atoms with E-state index in [0.29, 0.717) is 0 Å². The fourth-order valence-corrected chi connectivity index (χ4v) is 3.93. The zero-order valence-electron chi connectivity index (χ0n) is 12.2. The molecule has 3 heteroatoms. The molecule has 0 radical (unpaired) electrons. The van der Waals surface area contributed by atoms with Crippen LogP contribution in [-0.2, 0) is 6.42 Å². The van der Waals surface area contributed by atoms with Crippen LogP contribution in [0, 0.1) is 5.82 Å². The summed E-state index contributed by atoms with van der Waals surface area (Å²) >= 11 is 1.62. The summed E-state index contributed by atoms with van der Waals surface area (Å²) in [6, 6.07) is 14.2. The zero-order chi connectivity index (χ0) is 14.7. The molecule has 3 rings (SSSR count). The second kappa shape index (κ2) is 6.52. The Bertz CT molecular complexity index is 609. The summed E-state index contributed by atoms with van der Waals surface area (Å²) in [4.78, 5) is 0.809. The van der Waals surface area contributed by atoms with Gasteiger partial charge < -0.3 is 5.32 Å². The standard InChI is InChI=1S/C18H20FNS/c1-2-4-13-7-9-14(10-8-13)20-17-11-12-21-18-15(17)5-3-6-16(18)19/h3,5-10,17,20H,2,4,11-12H2,1H3. The summed E-state index contributed by atoms with van der Waals surface area (Å²) in [5.41, 5.74) is 3.57. The van der Waals surface area contributed by atoms with Gasteiger partial charge in [0.2, 0.25) is 0 Å². The van der Waals surface area contributed by atoms with Gasteiger partial charge in [0.15, 0.2) is 0 Å². The van der Waals surface area contributed by atoms with Crippen molar-refractivity contribution in [1.82, 2.24) is 0 Å². The molecule has 0 saturated heterocycles. The molecule has 1 aliphatic rings. The molecule has 1 heterocycles. The molecule has 110 valence electrons. The Morgan fingerprint density at radius 2 is 2.00 bits per heavy atom. The van der Waals surface area contributed by atoms with Crippen molar-refractivity contribution in [1.29, 1.82) is 0 Å². The van der Waals surface area contributed by atoms with Crippen molar-refractivity contribution in [3.63, 3.8) is 0 Å². The molecule has 0 amide bonds. The molecule has 0 fully saturated rings. The third kappa shape index (κ3) is 3.24. The summed E-state index contributed by atoms with van der Waals surface area (Å²) < 4.78 is 13.9. The highest BCUT2D eigenvalue weighted by Gasteiger charge is 2.22. The fraction of sp³-hybridized carbons (Fsp3) is 0.333. The van der Waals surface area contributed by atoms with Crippen LogP contribution in [0.5, 0.6) is 0 Å². The average Bonchev–Trinajstić information content (AvgIpc) is 2.51. The minimum Gasteiger partial charge on any atom is -0.378 e. The highest BCUT2D eigenvalue weighted by atomic mass is 32.2. The molecule has 2 aromatic rings. The van der Waals surface area contributed by atoms with Crippen molar-refractivity contribution in [2.75, 3.05) is 11.1 Å². The maximum absolute atomic E-state index is 13.9. The lowest BCUT2D eigenvalue weighted by molar-refractivity contribution is 0.585. The topological polar surface area (TPSA) is 12.0 Å². The van der Waals surface area contributed by atoms with E-state index in [1.807, 2.05) is 6.07 Å². The lowest BCUT2D eigenvalue weighted by Gasteiger charge is -2.27. The van der Waals surface area contributed by atoms with Crippen LogP contribution in [0.3, 0.4) is 0 Å². The molecule has 2 aromatic carbocycles. The maximum atomic E-state index is 13.9. The smallest absolute Gasteiger partial charge is 0.137 e. The number of halogens is 1. The molecule has 1 unspecified atom stereocenters. The van der Waals surface area contributed by atoms with Crippen molar-refractivity contribution < 1.29 is 4.39 Å². The van der Waals surface area contributed by atoms with Crippen molar-refractivity contribution in [3.05, 3.63) is 59.4 Å². The second-order valence-corrected chi connectivity index (χ2v) is 6.54. The summed E-state index contributed by atoms with van der Waals surface area (Å²) in [7, 11) is 0. The number of hydrogen-bond donors (Lipinski definition) is 1. The monoisotopic (exact) mass is 301 g/mol. The molecule has 1 N–H and O–H groups in total. The first kappa shape index (κ1) is 14.5.